The van der Waals surface area contributed by atoms with Gasteiger partial charge in [-0.05, 0) is 44.9 Å². The molecule has 1 saturated carbocycles. The van der Waals surface area contributed by atoms with Gasteiger partial charge in [-0.3, -0.25) is 0 Å². The molecule has 0 spiro atoms. The van der Waals surface area contributed by atoms with Crippen LogP contribution in [0.25, 0.3) is 11.0 Å². The Hall–Kier alpha value is -2.90. The Bertz CT molecular complexity index is 923. The van der Waals surface area contributed by atoms with Crippen LogP contribution in [0.1, 0.15) is 56.3 Å². The molecule has 1 atom stereocenters. The first-order chi connectivity index (χ1) is 12.6. The normalized spacial score (nSPS) is 16.1. The second-order valence-corrected chi connectivity index (χ2v) is 6.91. The fraction of sp³-hybridized carbons (Fsp3) is 0.444. The van der Waals surface area contributed by atoms with Crippen molar-refractivity contribution in [3.05, 3.63) is 36.2 Å². The van der Waals surface area contributed by atoms with Crippen molar-refractivity contribution in [1.29, 1.82) is 0 Å². The van der Waals surface area contributed by atoms with Gasteiger partial charge < -0.3 is 20.2 Å². The molecule has 8 heteroatoms. The minimum atomic E-state index is -0.269. The van der Waals surface area contributed by atoms with Crippen LogP contribution in [-0.2, 0) is 0 Å². The molecule has 2 aromatic heterocycles. The van der Waals surface area contributed by atoms with Crippen molar-refractivity contribution < 1.29 is 4.79 Å². The van der Waals surface area contributed by atoms with Gasteiger partial charge in [0.1, 0.15) is 12.2 Å². The lowest BCUT2D eigenvalue weighted by Gasteiger charge is -2.19. The summed E-state index contributed by atoms with van der Waals surface area (Å²) in [5, 5.41) is 14.1. The summed E-state index contributed by atoms with van der Waals surface area (Å²) in [6, 6.07) is 5.55. The molecule has 26 heavy (non-hydrogen) atoms. The number of urea groups is 1. The Balaban J connectivity index is 1.43. The minimum Gasteiger partial charge on any atom is -0.342 e. The molecule has 2 heterocycles. The molecule has 1 aliphatic carbocycles. The number of hydrogen-bond donors (Lipinski definition) is 3. The molecule has 136 valence electrons. The molecule has 1 aromatic carbocycles. The number of hydrogen-bond acceptors (Lipinski definition) is 4. The van der Waals surface area contributed by atoms with Gasteiger partial charge in [-0.2, -0.15) is 0 Å². The topological polar surface area (TPSA) is 101 Å². The molecule has 0 saturated heterocycles. The van der Waals surface area contributed by atoms with Crippen LogP contribution < -0.4 is 10.6 Å². The number of benzene rings is 1. The van der Waals surface area contributed by atoms with Crippen LogP contribution in [-0.4, -0.2) is 30.8 Å². The van der Waals surface area contributed by atoms with E-state index in [1.54, 1.807) is 6.33 Å². The largest absolute Gasteiger partial charge is 0.342 e. The molecule has 3 aromatic rings. The molecule has 8 nitrogen and oxygen atoms in total. The summed E-state index contributed by atoms with van der Waals surface area (Å²) in [6.45, 7) is 3.83. The second kappa shape index (κ2) is 6.78. The number of imidazole rings is 1. The van der Waals surface area contributed by atoms with Crippen molar-refractivity contribution >= 4 is 22.8 Å². The van der Waals surface area contributed by atoms with Gasteiger partial charge in [0.25, 0.3) is 0 Å². The van der Waals surface area contributed by atoms with Gasteiger partial charge >= 0.3 is 6.03 Å². The summed E-state index contributed by atoms with van der Waals surface area (Å²) in [4.78, 5) is 19.9. The fourth-order valence-corrected chi connectivity index (χ4v) is 3.67. The van der Waals surface area contributed by atoms with Crippen LogP contribution in [0.15, 0.2) is 24.5 Å². The number of rotatable bonds is 4. The molecule has 1 fully saturated rings. The average molecular weight is 353 g/mol. The number of amides is 2. The number of aromatic amines is 1. The zero-order valence-corrected chi connectivity index (χ0v) is 15.0. The predicted octanol–water partition coefficient (Wildman–Crippen LogP) is 3.46. The number of nitrogens with zero attached hydrogens (tertiary/aromatic N) is 4. The molecule has 4 rings (SSSR count). The van der Waals surface area contributed by atoms with E-state index < -0.39 is 0 Å². The lowest BCUT2D eigenvalue weighted by atomic mass is 10.2. The average Bonchev–Trinajstić information content (AvgIpc) is 3.33. The van der Waals surface area contributed by atoms with E-state index in [2.05, 4.69) is 35.4 Å². The standard InChI is InChI=1S/C18H23N7O/c1-11(17-24-19-10-25(17)14-5-3-4-6-14)20-18(26)23-13-7-8-15-16(9-13)22-12(2)21-15/h7-11,14H,3-6H2,1-2H3,(H,21,22)(H2,20,23,26)/t11-/m0/s1. The van der Waals surface area contributed by atoms with Crippen molar-refractivity contribution in [1.82, 2.24) is 30.0 Å². The summed E-state index contributed by atoms with van der Waals surface area (Å²) in [5.41, 5.74) is 2.49. The zero-order valence-electron chi connectivity index (χ0n) is 15.0. The maximum Gasteiger partial charge on any atom is 0.319 e. The van der Waals surface area contributed by atoms with Crippen molar-refractivity contribution in [2.75, 3.05) is 5.32 Å². The lowest BCUT2D eigenvalue weighted by Crippen LogP contribution is -2.32. The van der Waals surface area contributed by atoms with E-state index in [0.717, 1.165) is 35.5 Å². The molecule has 0 unspecified atom stereocenters. The summed E-state index contributed by atoms with van der Waals surface area (Å²) in [6.07, 6.45) is 6.54. The maximum absolute atomic E-state index is 12.4. The first-order valence-electron chi connectivity index (χ1n) is 9.03. The van der Waals surface area contributed by atoms with E-state index in [4.69, 9.17) is 0 Å². The van der Waals surface area contributed by atoms with Crippen LogP contribution in [0.2, 0.25) is 0 Å². The highest BCUT2D eigenvalue weighted by molar-refractivity contribution is 5.92. The highest BCUT2D eigenvalue weighted by Gasteiger charge is 2.23. The number of aryl methyl sites for hydroxylation is 1. The van der Waals surface area contributed by atoms with Crippen LogP contribution in [0.3, 0.4) is 0 Å². The van der Waals surface area contributed by atoms with Crippen LogP contribution in [0.5, 0.6) is 0 Å². The third-order valence-corrected chi connectivity index (χ3v) is 4.91. The van der Waals surface area contributed by atoms with Gasteiger partial charge in [0, 0.05) is 11.7 Å². The Kier molecular flexibility index (Phi) is 4.32. The number of carbonyl (C=O) groups excluding carboxylic acids is 1. The molecular formula is C18H23N7O. The highest BCUT2D eigenvalue weighted by Crippen LogP contribution is 2.31. The molecule has 0 bridgehead atoms. The monoisotopic (exact) mass is 353 g/mol. The Morgan fingerprint density at radius 1 is 1.35 bits per heavy atom. The van der Waals surface area contributed by atoms with Gasteiger partial charge in [0.05, 0.1) is 17.1 Å². The number of anilines is 1. The molecule has 2 amide bonds. The van der Waals surface area contributed by atoms with Gasteiger partial charge in [0.15, 0.2) is 5.82 Å². The van der Waals surface area contributed by atoms with Crippen molar-refractivity contribution in [2.24, 2.45) is 0 Å². The van der Waals surface area contributed by atoms with E-state index in [9.17, 15) is 4.79 Å². The number of nitrogens with one attached hydrogen (secondary N) is 3. The van der Waals surface area contributed by atoms with E-state index in [-0.39, 0.29) is 12.1 Å². The summed E-state index contributed by atoms with van der Waals surface area (Å²) < 4.78 is 2.11. The van der Waals surface area contributed by atoms with Crippen molar-refractivity contribution in [2.45, 2.75) is 51.6 Å². The third-order valence-electron chi connectivity index (χ3n) is 4.91. The molecule has 0 radical (unpaired) electrons. The smallest absolute Gasteiger partial charge is 0.319 e. The van der Waals surface area contributed by atoms with Crippen molar-refractivity contribution in [3.8, 4) is 0 Å². The lowest BCUT2D eigenvalue weighted by molar-refractivity contribution is 0.248. The van der Waals surface area contributed by atoms with Gasteiger partial charge in [-0.25, -0.2) is 9.78 Å². The Morgan fingerprint density at radius 2 is 2.15 bits per heavy atom. The summed E-state index contributed by atoms with van der Waals surface area (Å²) >= 11 is 0. The Morgan fingerprint density at radius 3 is 2.96 bits per heavy atom. The third kappa shape index (κ3) is 3.26. The van der Waals surface area contributed by atoms with Crippen LogP contribution in [0, 0.1) is 6.92 Å². The molecular weight excluding hydrogens is 330 g/mol. The molecule has 1 aliphatic rings. The number of carbonyl (C=O) groups is 1. The van der Waals surface area contributed by atoms with Crippen LogP contribution in [0.4, 0.5) is 10.5 Å². The highest BCUT2D eigenvalue weighted by atomic mass is 16.2. The minimum absolute atomic E-state index is 0.226. The first kappa shape index (κ1) is 16.6. The number of aromatic nitrogens is 5. The second-order valence-electron chi connectivity index (χ2n) is 6.91. The zero-order chi connectivity index (χ0) is 18.1. The first-order valence-corrected chi connectivity index (χ1v) is 9.03. The van der Waals surface area contributed by atoms with E-state index in [1.807, 2.05) is 32.0 Å². The van der Waals surface area contributed by atoms with E-state index >= 15 is 0 Å². The summed E-state index contributed by atoms with van der Waals surface area (Å²) in [7, 11) is 0. The predicted molar refractivity (Wildman–Crippen MR) is 98.9 cm³/mol. The van der Waals surface area contributed by atoms with E-state index in [1.165, 1.54) is 12.8 Å². The fourth-order valence-electron chi connectivity index (χ4n) is 3.67. The SMILES string of the molecule is Cc1nc2ccc(NC(=O)N[C@@H](C)c3nncn3C3CCCC3)cc2[nH]1. The maximum atomic E-state index is 12.4. The summed E-state index contributed by atoms with van der Waals surface area (Å²) in [5.74, 6) is 1.65. The Labute approximate surface area is 151 Å². The molecule has 0 aliphatic heterocycles. The van der Waals surface area contributed by atoms with E-state index in [0.29, 0.717) is 11.7 Å². The van der Waals surface area contributed by atoms with Gasteiger partial charge in [0.2, 0.25) is 0 Å². The van der Waals surface area contributed by atoms with Crippen molar-refractivity contribution in [3.63, 3.8) is 0 Å². The number of fused-ring (bicyclic) bond motifs is 1. The van der Waals surface area contributed by atoms with Crippen LogP contribution >= 0.6 is 0 Å². The quantitative estimate of drug-likeness (QED) is 0.668. The number of H-pyrrole nitrogens is 1. The van der Waals surface area contributed by atoms with Gasteiger partial charge in [-0.1, -0.05) is 12.8 Å². The molecule has 3 N–H and O–H groups in total. The van der Waals surface area contributed by atoms with Gasteiger partial charge in [-0.15, -0.1) is 10.2 Å².